The van der Waals surface area contributed by atoms with Gasteiger partial charge in [0, 0.05) is 27.2 Å². The van der Waals surface area contributed by atoms with E-state index in [9.17, 15) is 4.79 Å². The molecule has 1 atom stereocenters. The number of benzene rings is 4. The van der Waals surface area contributed by atoms with Crippen LogP contribution in [0.2, 0.25) is 5.02 Å². The topological polar surface area (TPSA) is 64.4 Å². The number of ether oxygens (including phenoxy) is 1. The van der Waals surface area contributed by atoms with Crippen LogP contribution in [0.15, 0.2) is 83.3 Å². The maximum Gasteiger partial charge on any atom is 0.255 e. The summed E-state index contributed by atoms with van der Waals surface area (Å²) in [5.41, 5.74) is 3.30. The summed E-state index contributed by atoms with van der Waals surface area (Å²) in [7, 11) is 0. The molecule has 6 heteroatoms. The third-order valence-electron chi connectivity index (χ3n) is 5.75. The van der Waals surface area contributed by atoms with E-state index in [1.165, 1.54) is 0 Å². The highest BCUT2D eigenvalue weighted by Crippen LogP contribution is 2.34. The van der Waals surface area contributed by atoms with Crippen molar-refractivity contribution in [1.29, 1.82) is 0 Å². The van der Waals surface area contributed by atoms with Gasteiger partial charge < -0.3 is 14.5 Å². The Kier molecular flexibility index (Phi) is 5.95. The van der Waals surface area contributed by atoms with E-state index in [1.807, 2.05) is 61.5 Å². The van der Waals surface area contributed by atoms with Gasteiger partial charge in [0.05, 0.1) is 6.10 Å². The zero-order valence-electron chi connectivity index (χ0n) is 18.8. The second-order valence-electron chi connectivity index (χ2n) is 8.16. The van der Waals surface area contributed by atoms with E-state index in [4.69, 9.17) is 20.8 Å². The van der Waals surface area contributed by atoms with Crippen molar-refractivity contribution in [2.75, 3.05) is 5.32 Å². The van der Waals surface area contributed by atoms with Crippen LogP contribution in [-0.4, -0.2) is 17.0 Å². The second-order valence-corrected chi connectivity index (χ2v) is 8.57. The number of carbonyl (C=O) groups excluding carboxylic acids is 1. The zero-order chi connectivity index (χ0) is 23.7. The molecular formula is C28H23ClN2O3. The molecule has 0 fully saturated rings. The van der Waals surface area contributed by atoms with E-state index in [2.05, 4.69) is 17.2 Å². The fourth-order valence-electron chi connectivity index (χ4n) is 3.81. The normalized spacial score (nSPS) is 12.1. The number of fused-ring (bicyclic) bond motifs is 2. The molecule has 0 bridgehead atoms. The number of hydrogen-bond acceptors (Lipinski definition) is 4. The molecule has 5 rings (SSSR count). The predicted molar refractivity (Wildman–Crippen MR) is 137 cm³/mol. The molecule has 34 heavy (non-hydrogen) atoms. The number of rotatable bonds is 6. The van der Waals surface area contributed by atoms with Gasteiger partial charge in [-0.05, 0) is 67.3 Å². The van der Waals surface area contributed by atoms with Crippen molar-refractivity contribution in [1.82, 2.24) is 4.98 Å². The molecule has 0 spiro atoms. The van der Waals surface area contributed by atoms with Crippen LogP contribution in [0.4, 0.5) is 5.69 Å². The molecular weight excluding hydrogens is 448 g/mol. The summed E-state index contributed by atoms with van der Waals surface area (Å²) in [4.78, 5) is 17.5. The van der Waals surface area contributed by atoms with Gasteiger partial charge in [-0.15, -0.1) is 0 Å². The molecule has 5 aromatic rings. The van der Waals surface area contributed by atoms with Crippen molar-refractivity contribution in [2.24, 2.45) is 0 Å². The van der Waals surface area contributed by atoms with Crippen LogP contribution in [-0.2, 0) is 0 Å². The second kappa shape index (κ2) is 9.20. The van der Waals surface area contributed by atoms with Crippen LogP contribution in [0.5, 0.6) is 5.75 Å². The number of oxazole rings is 1. The van der Waals surface area contributed by atoms with Gasteiger partial charge >= 0.3 is 0 Å². The molecule has 4 aromatic carbocycles. The van der Waals surface area contributed by atoms with Gasteiger partial charge in [-0.25, -0.2) is 4.98 Å². The minimum Gasteiger partial charge on any atom is -0.491 e. The van der Waals surface area contributed by atoms with E-state index in [-0.39, 0.29) is 12.0 Å². The van der Waals surface area contributed by atoms with E-state index < -0.39 is 0 Å². The largest absolute Gasteiger partial charge is 0.491 e. The number of nitrogens with one attached hydrogen (secondary N) is 1. The van der Waals surface area contributed by atoms with Crippen molar-refractivity contribution in [3.8, 4) is 17.2 Å². The summed E-state index contributed by atoms with van der Waals surface area (Å²) in [6.07, 6.45) is 0.974. The molecule has 1 heterocycles. The van der Waals surface area contributed by atoms with Crippen LogP contribution in [0.1, 0.15) is 30.6 Å². The van der Waals surface area contributed by atoms with Crippen molar-refractivity contribution in [3.05, 3.63) is 89.4 Å². The summed E-state index contributed by atoms with van der Waals surface area (Å²) < 4.78 is 11.9. The first-order valence-electron chi connectivity index (χ1n) is 11.2. The van der Waals surface area contributed by atoms with E-state index in [1.54, 1.807) is 24.3 Å². The monoisotopic (exact) mass is 470 g/mol. The zero-order valence-corrected chi connectivity index (χ0v) is 19.6. The van der Waals surface area contributed by atoms with Crippen LogP contribution >= 0.6 is 11.6 Å². The first-order valence-corrected chi connectivity index (χ1v) is 11.6. The standard InChI is InChI=1S/C28H23ClN2O3/c1-3-17(2)33-20-8-4-7-18(15-20)27(32)30-19-13-14-26-25(16-19)31-28(34-26)23-11-5-10-22-21(23)9-6-12-24(22)29/h4-17H,3H2,1-2H3,(H,30,32)/t17-/m1/s1. The Morgan fingerprint density at radius 2 is 1.82 bits per heavy atom. The Hall–Kier alpha value is -3.83. The smallest absolute Gasteiger partial charge is 0.255 e. The van der Waals surface area contributed by atoms with Crippen molar-refractivity contribution in [2.45, 2.75) is 26.4 Å². The van der Waals surface area contributed by atoms with Crippen LogP contribution in [0.25, 0.3) is 33.3 Å². The molecule has 0 aliphatic carbocycles. The lowest BCUT2D eigenvalue weighted by Gasteiger charge is -2.13. The average Bonchev–Trinajstić information content (AvgIpc) is 3.27. The lowest BCUT2D eigenvalue weighted by atomic mass is 10.0. The summed E-state index contributed by atoms with van der Waals surface area (Å²) in [5.74, 6) is 0.955. The molecule has 0 unspecified atom stereocenters. The van der Waals surface area contributed by atoms with Gasteiger partial charge in [-0.3, -0.25) is 4.79 Å². The van der Waals surface area contributed by atoms with Crippen molar-refractivity contribution < 1.29 is 13.9 Å². The quantitative estimate of drug-likeness (QED) is 0.275. The maximum absolute atomic E-state index is 12.8. The van der Waals surface area contributed by atoms with Gasteiger partial charge in [0.25, 0.3) is 5.91 Å². The highest BCUT2D eigenvalue weighted by molar-refractivity contribution is 6.35. The number of nitrogens with zero attached hydrogens (tertiary/aromatic N) is 1. The summed E-state index contributed by atoms with van der Waals surface area (Å²) in [6, 6.07) is 24.2. The average molecular weight is 471 g/mol. The Morgan fingerprint density at radius 1 is 1.03 bits per heavy atom. The number of amides is 1. The van der Waals surface area contributed by atoms with Crippen LogP contribution in [0.3, 0.4) is 0 Å². The number of carbonyl (C=O) groups is 1. The molecule has 0 saturated carbocycles. The van der Waals surface area contributed by atoms with E-state index in [0.29, 0.717) is 39.0 Å². The number of aromatic nitrogens is 1. The molecule has 0 aliphatic rings. The van der Waals surface area contributed by atoms with Crippen LogP contribution in [0, 0.1) is 0 Å². The highest BCUT2D eigenvalue weighted by Gasteiger charge is 2.14. The first-order chi connectivity index (χ1) is 16.5. The Morgan fingerprint density at radius 3 is 2.68 bits per heavy atom. The summed E-state index contributed by atoms with van der Waals surface area (Å²) in [6.45, 7) is 4.06. The highest BCUT2D eigenvalue weighted by atomic mass is 35.5. The van der Waals surface area contributed by atoms with Gasteiger partial charge in [0.15, 0.2) is 5.58 Å². The Labute approximate surface area is 202 Å². The Bertz CT molecular complexity index is 1510. The summed E-state index contributed by atoms with van der Waals surface area (Å²) >= 11 is 6.36. The molecule has 0 radical (unpaired) electrons. The molecule has 170 valence electrons. The SMILES string of the molecule is CC[C@@H](C)Oc1cccc(C(=O)Nc2ccc3oc(-c4cccc5c(Cl)cccc45)nc3c2)c1. The van der Waals surface area contributed by atoms with Gasteiger partial charge in [-0.1, -0.05) is 48.9 Å². The Balaban J connectivity index is 1.42. The fourth-order valence-corrected chi connectivity index (χ4v) is 4.05. The number of anilines is 1. The molecule has 1 aromatic heterocycles. The lowest BCUT2D eigenvalue weighted by Crippen LogP contribution is -2.13. The first kappa shape index (κ1) is 22.0. The minimum absolute atomic E-state index is 0.0832. The third-order valence-corrected chi connectivity index (χ3v) is 6.08. The van der Waals surface area contributed by atoms with Crippen molar-refractivity contribution >= 4 is 45.1 Å². The molecule has 1 amide bonds. The number of hydrogen-bond donors (Lipinski definition) is 1. The lowest BCUT2D eigenvalue weighted by molar-refractivity contribution is 0.102. The molecule has 0 aliphatic heterocycles. The van der Waals surface area contributed by atoms with Crippen molar-refractivity contribution in [3.63, 3.8) is 0 Å². The minimum atomic E-state index is -0.221. The fraction of sp³-hybridized carbons (Fsp3) is 0.143. The molecule has 5 nitrogen and oxygen atoms in total. The van der Waals surface area contributed by atoms with E-state index in [0.717, 1.165) is 22.8 Å². The number of halogens is 1. The molecule has 0 saturated heterocycles. The predicted octanol–water partition coefficient (Wildman–Crippen LogP) is 7.73. The van der Waals surface area contributed by atoms with Crippen LogP contribution < -0.4 is 10.1 Å². The summed E-state index contributed by atoms with van der Waals surface area (Å²) in [5, 5.41) is 5.53. The van der Waals surface area contributed by atoms with Gasteiger partial charge in [0.2, 0.25) is 5.89 Å². The third kappa shape index (κ3) is 4.35. The van der Waals surface area contributed by atoms with Gasteiger partial charge in [0.1, 0.15) is 11.3 Å². The molecule has 1 N–H and O–H groups in total. The maximum atomic E-state index is 12.8. The van der Waals surface area contributed by atoms with E-state index >= 15 is 0 Å². The van der Waals surface area contributed by atoms with Gasteiger partial charge in [-0.2, -0.15) is 0 Å².